The van der Waals surface area contributed by atoms with Gasteiger partial charge in [-0.2, -0.15) is 0 Å². The van der Waals surface area contributed by atoms with Crippen LogP contribution in [-0.2, 0) is 16.1 Å². The van der Waals surface area contributed by atoms with Crippen LogP contribution in [0, 0.1) is 17.8 Å². The summed E-state index contributed by atoms with van der Waals surface area (Å²) in [5.41, 5.74) is 1.02. The predicted octanol–water partition coefficient (Wildman–Crippen LogP) is 2.13. The summed E-state index contributed by atoms with van der Waals surface area (Å²) in [6.45, 7) is 0.903. The summed E-state index contributed by atoms with van der Waals surface area (Å²) < 4.78 is 10.6. The van der Waals surface area contributed by atoms with Crippen molar-refractivity contribution in [1.29, 1.82) is 0 Å². The van der Waals surface area contributed by atoms with Gasteiger partial charge < -0.3 is 19.9 Å². The van der Waals surface area contributed by atoms with E-state index in [1.165, 1.54) is 19.3 Å². The Morgan fingerprint density at radius 3 is 2.71 bits per heavy atom. The van der Waals surface area contributed by atoms with Crippen molar-refractivity contribution >= 4 is 5.91 Å². The van der Waals surface area contributed by atoms with Crippen molar-refractivity contribution in [3.05, 3.63) is 29.8 Å². The fourth-order valence-electron chi connectivity index (χ4n) is 4.01. The third-order valence-electron chi connectivity index (χ3n) is 5.32. The second-order valence-corrected chi connectivity index (χ2v) is 7.04. The molecule has 2 saturated carbocycles. The number of carbonyl (C=O) groups excluding carboxylic acids is 1. The van der Waals surface area contributed by atoms with Crippen LogP contribution in [0.5, 0.6) is 5.75 Å². The quantitative estimate of drug-likeness (QED) is 0.765. The number of carbonyl (C=O) groups is 1. The molecular weight excluding hydrogens is 306 g/mol. The Hall–Kier alpha value is -1.59. The van der Waals surface area contributed by atoms with Gasteiger partial charge in [-0.3, -0.25) is 4.79 Å². The first kappa shape index (κ1) is 17.2. The molecule has 2 fully saturated rings. The molecule has 2 aliphatic rings. The average molecular weight is 333 g/mol. The van der Waals surface area contributed by atoms with Crippen molar-refractivity contribution in [1.82, 2.24) is 5.32 Å². The van der Waals surface area contributed by atoms with E-state index in [0.29, 0.717) is 12.5 Å². The van der Waals surface area contributed by atoms with Crippen molar-refractivity contribution in [2.45, 2.75) is 38.4 Å². The lowest BCUT2D eigenvalue weighted by Crippen LogP contribution is -2.39. The number of fused-ring (bicyclic) bond motifs is 2. The molecule has 3 rings (SSSR count). The molecule has 1 amide bonds. The Balaban J connectivity index is 1.32. The van der Waals surface area contributed by atoms with E-state index in [1.807, 2.05) is 24.3 Å². The zero-order valence-electron chi connectivity index (χ0n) is 14.2. The Morgan fingerprint density at radius 2 is 2.08 bits per heavy atom. The van der Waals surface area contributed by atoms with E-state index < -0.39 is 6.10 Å². The highest BCUT2D eigenvalue weighted by Crippen LogP contribution is 2.48. The van der Waals surface area contributed by atoms with Gasteiger partial charge in [0.1, 0.15) is 5.75 Å². The average Bonchev–Trinajstić information content (AvgIpc) is 3.23. The molecular formula is C19H27NO4. The Bertz CT molecular complexity index is 545. The second kappa shape index (κ2) is 7.99. The highest BCUT2D eigenvalue weighted by molar-refractivity contribution is 5.79. The lowest BCUT2D eigenvalue weighted by atomic mass is 9.88. The normalized spacial score (nSPS) is 26.3. The van der Waals surface area contributed by atoms with Gasteiger partial charge in [0.15, 0.2) is 0 Å². The maximum Gasteiger partial charge on any atom is 0.223 e. The van der Waals surface area contributed by atoms with Gasteiger partial charge in [0.25, 0.3) is 0 Å². The molecule has 4 atom stereocenters. The molecule has 1 aromatic carbocycles. The second-order valence-electron chi connectivity index (χ2n) is 7.04. The van der Waals surface area contributed by atoms with Crippen LogP contribution >= 0.6 is 0 Å². The van der Waals surface area contributed by atoms with Crippen LogP contribution in [0.2, 0.25) is 0 Å². The lowest BCUT2D eigenvalue weighted by Gasteiger charge is -2.21. The van der Waals surface area contributed by atoms with Crippen molar-refractivity contribution in [2.75, 3.05) is 20.3 Å². The molecule has 0 heterocycles. The van der Waals surface area contributed by atoms with E-state index in [9.17, 15) is 9.90 Å². The van der Waals surface area contributed by atoms with Gasteiger partial charge in [-0.15, -0.1) is 0 Å². The minimum Gasteiger partial charge on any atom is -0.497 e. The van der Waals surface area contributed by atoms with Crippen LogP contribution in [0.1, 0.15) is 31.2 Å². The van der Waals surface area contributed by atoms with E-state index in [4.69, 9.17) is 9.47 Å². The van der Waals surface area contributed by atoms with Crippen LogP contribution in [0.4, 0.5) is 0 Å². The smallest absolute Gasteiger partial charge is 0.223 e. The maximum absolute atomic E-state index is 12.2. The Morgan fingerprint density at radius 1 is 1.29 bits per heavy atom. The van der Waals surface area contributed by atoms with E-state index in [-0.39, 0.29) is 25.0 Å². The van der Waals surface area contributed by atoms with E-state index >= 15 is 0 Å². The molecule has 0 saturated heterocycles. The molecule has 2 bridgehead atoms. The van der Waals surface area contributed by atoms with E-state index in [1.54, 1.807) is 7.11 Å². The van der Waals surface area contributed by atoms with Crippen LogP contribution in [0.25, 0.3) is 0 Å². The molecule has 0 aliphatic heterocycles. The van der Waals surface area contributed by atoms with E-state index in [0.717, 1.165) is 23.7 Å². The predicted molar refractivity (Wildman–Crippen MR) is 90.6 cm³/mol. The van der Waals surface area contributed by atoms with Crippen LogP contribution in [0.3, 0.4) is 0 Å². The van der Waals surface area contributed by atoms with Gasteiger partial charge in [0.05, 0.1) is 26.4 Å². The van der Waals surface area contributed by atoms with Crippen molar-refractivity contribution in [3.63, 3.8) is 0 Å². The van der Waals surface area contributed by atoms with Crippen molar-refractivity contribution < 1.29 is 19.4 Å². The van der Waals surface area contributed by atoms with Gasteiger partial charge in [0.2, 0.25) is 5.91 Å². The number of hydrogen-bond acceptors (Lipinski definition) is 4. The number of amides is 1. The fourth-order valence-corrected chi connectivity index (χ4v) is 4.01. The number of benzene rings is 1. The minimum atomic E-state index is -0.675. The molecule has 0 unspecified atom stereocenters. The van der Waals surface area contributed by atoms with Gasteiger partial charge >= 0.3 is 0 Å². The first-order valence-corrected chi connectivity index (χ1v) is 8.82. The number of aliphatic hydroxyl groups is 1. The summed E-state index contributed by atoms with van der Waals surface area (Å²) in [6, 6.07) is 7.62. The van der Waals surface area contributed by atoms with Crippen molar-refractivity contribution in [3.8, 4) is 5.75 Å². The van der Waals surface area contributed by atoms with Gasteiger partial charge in [-0.1, -0.05) is 18.6 Å². The number of hydrogen-bond donors (Lipinski definition) is 2. The van der Waals surface area contributed by atoms with Gasteiger partial charge in [-0.05, 0) is 48.8 Å². The topological polar surface area (TPSA) is 67.8 Å². The Labute approximate surface area is 143 Å². The van der Waals surface area contributed by atoms with Gasteiger partial charge in [0, 0.05) is 12.5 Å². The maximum atomic E-state index is 12.2. The lowest BCUT2D eigenvalue weighted by molar-refractivity contribution is -0.127. The van der Waals surface area contributed by atoms with Crippen LogP contribution in [0.15, 0.2) is 24.3 Å². The molecule has 2 N–H and O–H groups in total. The van der Waals surface area contributed by atoms with Crippen LogP contribution < -0.4 is 10.1 Å². The van der Waals surface area contributed by atoms with E-state index in [2.05, 4.69) is 5.32 Å². The van der Waals surface area contributed by atoms with Crippen LogP contribution in [-0.4, -0.2) is 37.4 Å². The molecule has 2 aliphatic carbocycles. The first-order valence-electron chi connectivity index (χ1n) is 8.82. The van der Waals surface area contributed by atoms with Gasteiger partial charge in [-0.25, -0.2) is 0 Å². The Kier molecular flexibility index (Phi) is 5.74. The summed E-state index contributed by atoms with van der Waals surface area (Å²) in [6.07, 6.45) is 4.05. The number of rotatable bonds is 8. The molecule has 132 valence electrons. The summed E-state index contributed by atoms with van der Waals surface area (Å²) in [7, 11) is 1.63. The van der Waals surface area contributed by atoms with Crippen molar-refractivity contribution in [2.24, 2.45) is 17.8 Å². The molecule has 24 heavy (non-hydrogen) atoms. The summed E-state index contributed by atoms with van der Waals surface area (Å²) in [5, 5.41) is 12.9. The highest BCUT2D eigenvalue weighted by Gasteiger charge is 2.42. The third kappa shape index (κ3) is 4.28. The highest BCUT2D eigenvalue weighted by atomic mass is 16.5. The number of nitrogens with one attached hydrogen (secondary N) is 1. The first-order chi connectivity index (χ1) is 11.7. The largest absolute Gasteiger partial charge is 0.497 e. The summed E-state index contributed by atoms with van der Waals surface area (Å²) in [5.74, 6) is 2.40. The minimum absolute atomic E-state index is 0.108. The fraction of sp³-hybridized carbons (Fsp3) is 0.632. The summed E-state index contributed by atoms with van der Waals surface area (Å²) in [4.78, 5) is 12.2. The number of methoxy groups -OCH3 is 1. The SMILES string of the molecule is COc1ccc(COC[C@H](O)CNC(=O)[C@@H]2C[C@H]3CC[C@H]2C3)cc1. The molecule has 0 spiro atoms. The summed E-state index contributed by atoms with van der Waals surface area (Å²) >= 11 is 0. The molecule has 5 heteroatoms. The number of ether oxygens (including phenoxy) is 2. The molecule has 0 aromatic heterocycles. The molecule has 0 radical (unpaired) electrons. The zero-order chi connectivity index (χ0) is 16.9. The monoisotopic (exact) mass is 333 g/mol. The number of aliphatic hydroxyl groups excluding tert-OH is 1. The molecule has 5 nitrogen and oxygen atoms in total. The molecule has 1 aromatic rings. The zero-order valence-corrected chi connectivity index (χ0v) is 14.2. The third-order valence-corrected chi connectivity index (χ3v) is 5.32. The standard InChI is InChI=1S/C19H27NO4/c1-23-17-6-3-13(4-7-17)11-24-12-16(21)10-20-19(22)18-9-14-2-5-15(18)8-14/h3-4,6-7,14-16,18,21H,2,5,8-12H2,1H3,(H,20,22)/t14-,15-,16+,18+/m0/s1.